The van der Waals surface area contributed by atoms with Crippen LogP contribution in [0, 0.1) is 5.92 Å². The van der Waals surface area contributed by atoms with Gasteiger partial charge in [0.2, 0.25) is 0 Å². The molecule has 106 valence electrons. The zero-order valence-corrected chi connectivity index (χ0v) is 14.4. The van der Waals surface area contributed by atoms with Crippen LogP contribution in [0.25, 0.3) is 0 Å². The summed E-state index contributed by atoms with van der Waals surface area (Å²) in [6.45, 7) is 7.70. The minimum Gasteiger partial charge on any atom is -0.362 e. The van der Waals surface area contributed by atoms with E-state index in [0.717, 1.165) is 31.7 Å². The van der Waals surface area contributed by atoms with E-state index in [1.807, 2.05) is 11.0 Å². The predicted octanol–water partition coefficient (Wildman–Crippen LogP) is -0.0765. The fourth-order valence-electron chi connectivity index (χ4n) is 2.84. The van der Waals surface area contributed by atoms with E-state index in [1.54, 1.807) is 7.11 Å². The molecule has 1 atom stereocenters. The number of hydrogen-bond donors (Lipinski definition) is 0. The van der Waals surface area contributed by atoms with Crippen LogP contribution in [0.1, 0.15) is 19.3 Å². The number of nitrogens with zero attached hydrogens (tertiary/aromatic N) is 1. The first kappa shape index (κ1) is 17.6. The van der Waals surface area contributed by atoms with Gasteiger partial charge in [0.1, 0.15) is 6.23 Å². The number of methoxy groups -OCH3 is 1. The molecule has 0 N–H and O–H groups in total. The average molecular weight is 285 g/mol. The van der Waals surface area contributed by atoms with Crippen molar-refractivity contribution in [1.82, 2.24) is 4.90 Å². The molecule has 2 aliphatic rings. The maximum absolute atomic E-state index is 12.8. The predicted molar refractivity (Wildman–Crippen MR) is 80.2 cm³/mol. The van der Waals surface area contributed by atoms with Crippen LogP contribution in [0.15, 0.2) is 23.4 Å². The van der Waals surface area contributed by atoms with Crippen molar-refractivity contribution in [3.8, 4) is 0 Å². The molecule has 1 heterocycles. The Hall–Kier alpha value is -0.406. The fourth-order valence-corrected chi connectivity index (χ4v) is 4.56. The summed E-state index contributed by atoms with van der Waals surface area (Å²) < 4.78 is 5.42. The summed E-state index contributed by atoms with van der Waals surface area (Å²) in [6, 6.07) is 0. The van der Waals surface area contributed by atoms with Gasteiger partial charge in [0.15, 0.2) is 5.91 Å². The van der Waals surface area contributed by atoms with Gasteiger partial charge in [-0.3, -0.25) is 4.79 Å². The summed E-state index contributed by atoms with van der Waals surface area (Å²) in [5.41, 5.74) is 0. The van der Waals surface area contributed by atoms with Crippen LogP contribution in [0.5, 0.6) is 0 Å². The van der Waals surface area contributed by atoms with Crippen LogP contribution in [-0.4, -0.2) is 38.8 Å². The Balaban J connectivity index is 0.00000200. The van der Waals surface area contributed by atoms with Gasteiger partial charge in [-0.15, -0.1) is 6.42 Å². The average Bonchev–Trinajstić information content (AvgIpc) is 2.85. The third kappa shape index (κ3) is 3.62. The van der Waals surface area contributed by atoms with Gasteiger partial charge in [0, 0.05) is 13.7 Å². The number of likely N-dealkylation sites (tertiary alicyclic amines) is 1. The van der Waals surface area contributed by atoms with Gasteiger partial charge in [-0.1, -0.05) is 25.6 Å². The van der Waals surface area contributed by atoms with Crippen molar-refractivity contribution in [2.24, 2.45) is 0 Å². The van der Waals surface area contributed by atoms with Crippen molar-refractivity contribution in [1.29, 1.82) is 0 Å². The van der Waals surface area contributed by atoms with Gasteiger partial charge in [-0.25, -0.2) is 0 Å². The summed E-state index contributed by atoms with van der Waals surface area (Å²) in [5, 5.41) is 1.29. The number of allylic oxidation sites excluding steroid dienone is 2. The maximum atomic E-state index is 12.8. The Labute approximate surface area is 135 Å². The minimum atomic E-state index is -1.48. The molecule has 1 saturated heterocycles. The Morgan fingerprint density at radius 1 is 1.45 bits per heavy atom. The molecule has 0 unspecified atom stereocenters. The molecule has 1 amide bonds. The van der Waals surface area contributed by atoms with Gasteiger partial charge in [-0.2, -0.15) is 23.4 Å². The molecule has 0 radical (unpaired) electrons. The zero-order chi connectivity index (χ0) is 14.0. The summed E-state index contributed by atoms with van der Waals surface area (Å²) >= 11 is 0. The standard InChI is InChI=1S/C15H24NO2Si.Li/c1-18-14-10-7-11-16(14)15(17)12-8-5-6-9-13(12)19(2,3)4;/h5,8-9,14H,6-7,10-11H2,1-4H3;/q-1;+1/t14-;/m1./s1. The van der Waals surface area contributed by atoms with Crippen LogP contribution < -0.4 is 18.9 Å². The number of ether oxygens (including phenoxy) is 1. The van der Waals surface area contributed by atoms with E-state index in [9.17, 15) is 4.79 Å². The Morgan fingerprint density at radius 2 is 2.15 bits per heavy atom. The number of rotatable bonds is 3. The van der Waals surface area contributed by atoms with Crippen LogP contribution in [0.4, 0.5) is 0 Å². The van der Waals surface area contributed by atoms with Crippen molar-refractivity contribution in [2.45, 2.75) is 45.1 Å². The molecule has 3 nitrogen and oxygen atoms in total. The number of carbonyl (C=O) groups excluding carboxylic acids is 1. The van der Waals surface area contributed by atoms with Crippen molar-refractivity contribution in [3.63, 3.8) is 0 Å². The summed E-state index contributed by atoms with van der Waals surface area (Å²) in [6.07, 6.45) is 9.22. The fraction of sp³-hybridized carbons (Fsp3) is 0.600. The van der Waals surface area contributed by atoms with Gasteiger partial charge in [-0.05, 0) is 12.8 Å². The van der Waals surface area contributed by atoms with Crippen LogP contribution >= 0.6 is 0 Å². The SMILES string of the molecule is CO[C@@H]1CCCN1C(=O)[C-]1C=CCC=C1[Si](C)(C)C.[Li+]. The first-order valence-corrected chi connectivity index (χ1v) is 10.5. The molecular weight excluding hydrogens is 261 g/mol. The van der Waals surface area contributed by atoms with E-state index >= 15 is 0 Å². The topological polar surface area (TPSA) is 29.5 Å². The zero-order valence-electron chi connectivity index (χ0n) is 13.4. The van der Waals surface area contributed by atoms with Crippen LogP contribution in [0.3, 0.4) is 0 Å². The molecular formula is C15H24LiNO2Si. The number of hydrogen-bond acceptors (Lipinski definition) is 2. The second-order valence-electron chi connectivity index (χ2n) is 6.25. The third-order valence-electron chi connectivity index (χ3n) is 3.80. The van der Waals surface area contributed by atoms with E-state index in [2.05, 4.69) is 31.8 Å². The quantitative estimate of drug-likeness (QED) is 0.536. The molecule has 0 spiro atoms. The summed E-state index contributed by atoms with van der Waals surface area (Å²) in [7, 11) is 0.207. The van der Waals surface area contributed by atoms with Crippen LogP contribution in [-0.2, 0) is 9.53 Å². The van der Waals surface area contributed by atoms with Crippen molar-refractivity contribution in [2.75, 3.05) is 13.7 Å². The molecule has 20 heavy (non-hydrogen) atoms. The van der Waals surface area contributed by atoms with Crippen molar-refractivity contribution in [3.05, 3.63) is 29.3 Å². The van der Waals surface area contributed by atoms with E-state index in [1.165, 1.54) is 5.20 Å². The van der Waals surface area contributed by atoms with E-state index < -0.39 is 8.07 Å². The van der Waals surface area contributed by atoms with Crippen molar-refractivity contribution < 1.29 is 28.4 Å². The van der Waals surface area contributed by atoms with Crippen LogP contribution in [0.2, 0.25) is 19.6 Å². The summed E-state index contributed by atoms with van der Waals surface area (Å²) in [4.78, 5) is 14.7. The Morgan fingerprint density at radius 3 is 2.75 bits per heavy atom. The first-order valence-electron chi connectivity index (χ1n) is 7.03. The normalized spacial score (nSPS) is 22.6. The van der Waals surface area contributed by atoms with E-state index in [4.69, 9.17) is 4.74 Å². The van der Waals surface area contributed by atoms with Gasteiger partial charge >= 0.3 is 18.9 Å². The molecule has 1 fully saturated rings. The first-order chi connectivity index (χ1) is 8.95. The third-order valence-corrected chi connectivity index (χ3v) is 5.89. The molecule has 0 aromatic carbocycles. The maximum Gasteiger partial charge on any atom is 1.00 e. The largest absolute Gasteiger partial charge is 1.00 e. The van der Waals surface area contributed by atoms with Gasteiger partial charge in [0.05, 0.1) is 8.07 Å². The monoisotopic (exact) mass is 285 g/mol. The molecule has 0 saturated carbocycles. The molecule has 2 rings (SSSR count). The van der Waals surface area contributed by atoms with Gasteiger partial charge in [0.25, 0.3) is 0 Å². The smallest absolute Gasteiger partial charge is 0.362 e. The Bertz CT molecular complexity index is 415. The molecule has 0 aromatic rings. The summed E-state index contributed by atoms with van der Waals surface area (Å²) in [5.74, 6) is 1.04. The van der Waals surface area contributed by atoms with Gasteiger partial charge < -0.3 is 9.64 Å². The number of carbonyl (C=O) groups is 1. The molecule has 1 aliphatic heterocycles. The van der Waals surface area contributed by atoms with Crippen molar-refractivity contribution >= 4 is 14.0 Å². The second kappa shape index (κ2) is 7.04. The Kier molecular flexibility index (Phi) is 6.21. The molecule has 0 bridgehead atoms. The van der Waals surface area contributed by atoms with E-state index in [0.29, 0.717) is 0 Å². The molecule has 1 aliphatic carbocycles. The molecule has 0 aromatic heterocycles. The number of amides is 1. The van der Waals surface area contributed by atoms with E-state index in [-0.39, 0.29) is 31.0 Å². The second-order valence-corrected chi connectivity index (χ2v) is 11.3. The minimum absolute atomic E-state index is 0. The molecule has 5 heteroatoms.